The summed E-state index contributed by atoms with van der Waals surface area (Å²) in [6.45, 7) is 7.41. The fourth-order valence-corrected chi connectivity index (χ4v) is 2.15. The molecule has 0 aliphatic heterocycles. The molecule has 4 heteroatoms. The number of aryl methyl sites for hydroxylation is 2. The molecule has 0 fully saturated rings. The highest BCUT2D eigenvalue weighted by atomic mass is 16.3. The average Bonchev–Trinajstić information content (AvgIpc) is 2.44. The van der Waals surface area contributed by atoms with Gasteiger partial charge in [0.2, 0.25) is 0 Å². The predicted molar refractivity (Wildman–Crippen MR) is 90.1 cm³/mol. The first-order valence-electron chi connectivity index (χ1n) is 7.07. The van der Waals surface area contributed by atoms with Gasteiger partial charge in [0, 0.05) is 11.1 Å². The lowest BCUT2D eigenvalue weighted by molar-refractivity contribution is 0.473. The smallest absolute Gasteiger partial charge is 0.124 e. The van der Waals surface area contributed by atoms with E-state index in [0.29, 0.717) is 22.6 Å². The van der Waals surface area contributed by atoms with Crippen molar-refractivity contribution in [1.82, 2.24) is 0 Å². The SMILES string of the molecule is C/C(=N\N=C(/C)c1ccc(C)cc1O)c1ccc(C)cc1O. The molecular formula is C18H20N2O2. The second kappa shape index (κ2) is 6.43. The molecule has 0 aromatic heterocycles. The number of benzene rings is 2. The summed E-state index contributed by atoms with van der Waals surface area (Å²) in [5.74, 6) is 0.375. The van der Waals surface area contributed by atoms with Gasteiger partial charge in [-0.3, -0.25) is 0 Å². The lowest BCUT2D eigenvalue weighted by atomic mass is 10.1. The molecule has 22 heavy (non-hydrogen) atoms. The molecule has 0 radical (unpaired) electrons. The van der Waals surface area contributed by atoms with E-state index >= 15 is 0 Å². The second-order valence-electron chi connectivity index (χ2n) is 5.41. The van der Waals surface area contributed by atoms with Gasteiger partial charge in [-0.05, 0) is 63.1 Å². The molecule has 0 aliphatic rings. The summed E-state index contributed by atoms with van der Waals surface area (Å²) in [4.78, 5) is 0. The molecule has 0 atom stereocenters. The Balaban J connectivity index is 2.32. The number of aromatic hydroxyl groups is 2. The number of nitrogens with zero attached hydrogens (tertiary/aromatic N) is 2. The van der Waals surface area contributed by atoms with Crippen molar-refractivity contribution < 1.29 is 10.2 Å². The topological polar surface area (TPSA) is 65.2 Å². The monoisotopic (exact) mass is 296 g/mol. The summed E-state index contributed by atoms with van der Waals surface area (Å²) in [6, 6.07) is 10.8. The summed E-state index contributed by atoms with van der Waals surface area (Å²) in [6.07, 6.45) is 0. The van der Waals surface area contributed by atoms with Crippen LogP contribution in [0.3, 0.4) is 0 Å². The molecule has 0 saturated carbocycles. The minimum atomic E-state index is 0.187. The van der Waals surface area contributed by atoms with Crippen LogP contribution in [0.1, 0.15) is 36.1 Å². The van der Waals surface area contributed by atoms with Gasteiger partial charge < -0.3 is 10.2 Å². The van der Waals surface area contributed by atoms with Gasteiger partial charge in [0.15, 0.2) is 0 Å². The van der Waals surface area contributed by atoms with Crippen molar-refractivity contribution in [3.8, 4) is 11.5 Å². The van der Waals surface area contributed by atoms with Crippen molar-refractivity contribution in [2.24, 2.45) is 10.2 Å². The van der Waals surface area contributed by atoms with Crippen LogP contribution in [0.2, 0.25) is 0 Å². The number of rotatable bonds is 3. The van der Waals surface area contributed by atoms with Crippen LogP contribution in [0, 0.1) is 13.8 Å². The van der Waals surface area contributed by atoms with Crippen molar-refractivity contribution in [3.63, 3.8) is 0 Å². The predicted octanol–water partition coefficient (Wildman–Crippen LogP) is 3.95. The maximum atomic E-state index is 9.95. The zero-order chi connectivity index (χ0) is 16.3. The third-order valence-electron chi connectivity index (χ3n) is 3.44. The first-order chi connectivity index (χ1) is 10.4. The molecule has 0 aliphatic carbocycles. The van der Waals surface area contributed by atoms with Gasteiger partial charge in [-0.15, -0.1) is 0 Å². The lowest BCUT2D eigenvalue weighted by Gasteiger charge is -2.05. The van der Waals surface area contributed by atoms with E-state index < -0.39 is 0 Å². The Morgan fingerprint density at radius 1 is 0.727 bits per heavy atom. The van der Waals surface area contributed by atoms with Gasteiger partial charge in [0.1, 0.15) is 11.5 Å². The zero-order valence-electron chi connectivity index (χ0n) is 13.3. The Morgan fingerprint density at radius 2 is 1.09 bits per heavy atom. The minimum Gasteiger partial charge on any atom is -0.507 e. The lowest BCUT2D eigenvalue weighted by Crippen LogP contribution is -1.98. The normalized spacial score (nSPS) is 12.5. The molecular weight excluding hydrogens is 276 g/mol. The molecule has 2 rings (SSSR count). The molecule has 2 aromatic rings. The van der Waals surface area contributed by atoms with Gasteiger partial charge in [0.05, 0.1) is 11.4 Å². The number of phenolic OH excluding ortho intramolecular Hbond substituents is 2. The summed E-state index contributed by atoms with van der Waals surface area (Å²) < 4.78 is 0. The highest BCUT2D eigenvalue weighted by molar-refractivity contribution is 6.04. The molecule has 0 heterocycles. The van der Waals surface area contributed by atoms with Crippen molar-refractivity contribution in [1.29, 1.82) is 0 Å². The second-order valence-corrected chi connectivity index (χ2v) is 5.41. The maximum Gasteiger partial charge on any atom is 0.124 e. The van der Waals surface area contributed by atoms with E-state index in [-0.39, 0.29) is 11.5 Å². The fourth-order valence-electron chi connectivity index (χ4n) is 2.15. The van der Waals surface area contributed by atoms with E-state index in [1.807, 2.05) is 38.1 Å². The van der Waals surface area contributed by atoms with Crippen molar-refractivity contribution in [2.75, 3.05) is 0 Å². The van der Waals surface area contributed by atoms with Crippen molar-refractivity contribution >= 4 is 11.4 Å². The van der Waals surface area contributed by atoms with Crippen LogP contribution in [0.4, 0.5) is 0 Å². The Labute approximate surface area is 130 Å². The molecule has 114 valence electrons. The van der Waals surface area contributed by atoms with E-state index in [1.54, 1.807) is 26.0 Å². The molecule has 0 amide bonds. The van der Waals surface area contributed by atoms with E-state index in [9.17, 15) is 10.2 Å². The summed E-state index contributed by atoms with van der Waals surface area (Å²) in [7, 11) is 0. The van der Waals surface area contributed by atoms with Crippen molar-refractivity contribution in [3.05, 3.63) is 58.7 Å². The largest absolute Gasteiger partial charge is 0.507 e. The van der Waals surface area contributed by atoms with Gasteiger partial charge in [-0.2, -0.15) is 10.2 Å². The third kappa shape index (κ3) is 3.52. The van der Waals surface area contributed by atoms with Gasteiger partial charge >= 0.3 is 0 Å². The van der Waals surface area contributed by atoms with Crippen LogP contribution in [0.5, 0.6) is 11.5 Å². The molecule has 2 aromatic carbocycles. The Hall–Kier alpha value is -2.62. The van der Waals surface area contributed by atoms with E-state index in [4.69, 9.17) is 0 Å². The number of hydrogen-bond acceptors (Lipinski definition) is 4. The highest BCUT2D eigenvalue weighted by Crippen LogP contribution is 2.21. The number of hydrogen-bond donors (Lipinski definition) is 2. The van der Waals surface area contributed by atoms with E-state index in [2.05, 4.69) is 10.2 Å². The molecule has 0 bridgehead atoms. The molecule has 2 N–H and O–H groups in total. The van der Waals surface area contributed by atoms with Crippen LogP contribution in [0.15, 0.2) is 46.6 Å². The molecule has 4 nitrogen and oxygen atoms in total. The summed E-state index contributed by atoms with van der Waals surface area (Å²) in [5.41, 5.74) is 4.49. The van der Waals surface area contributed by atoms with Crippen LogP contribution in [-0.2, 0) is 0 Å². The molecule has 0 unspecified atom stereocenters. The fraction of sp³-hybridized carbons (Fsp3) is 0.222. The zero-order valence-corrected chi connectivity index (χ0v) is 13.3. The first kappa shape index (κ1) is 15.8. The Kier molecular flexibility index (Phi) is 4.61. The summed E-state index contributed by atoms with van der Waals surface area (Å²) in [5, 5.41) is 28.2. The van der Waals surface area contributed by atoms with E-state index in [0.717, 1.165) is 11.1 Å². The number of phenols is 2. The Bertz CT molecular complexity index is 696. The van der Waals surface area contributed by atoms with Gasteiger partial charge in [-0.1, -0.05) is 12.1 Å². The average molecular weight is 296 g/mol. The van der Waals surface area contributed by atoms with Gasteiger partial charge in [0.25, 0.3) is 0 Å². The van der Waals surface area contributed by atoms with Crippen LogP contribution >= 0.6 is 0 Å². The summed E-state index contributed by atoms with van der Waals surface area (Å²) >= 11 is 0. The van der Waals surface area contributed by atoms with Crippen LogP contribution in [0.25, 0.3) is 0 Å². The molecule has 0 spiro atoms. The van der Waals surface area contributed by atoms with Crippen LogP contribution in [-0.4, -0.2) is 21.6 Å². The quantitative estimate of drug-likeness (QED) is 0.665. The van der Waals surface area contributed by atoms with Crippen LogP contribution < -0.4 is 0 Å². The van der Waals surface area contributed by atoms with Gasteiger partial charge in [-0.25, -0.2) is 0 Å². The first-order valence-corrected chi connectivity index (χ1v) is 7.07. The Morgan fingerprint density at radius 3 is 1.41 bits per heavy atom. The highest BCUT2D eigenvalue weighted by Gasteiger charge is 2.06. The van der Waals surface area contributed by atoms with Crippen molar-refractivity contribution in [2.45, 2.75) is 27.7 Å². The third-order valence-corrected chi connectivity index (χ3v) is 3.44. The minimum absolute atomic E-state index is 0.187. The standard InChI is InChI=1S/C18H20N2O2/c1-11-5-7-15(17(21)9-11)13(3)19-20-14(4)16-8-6-12(2)10-18(16)22/h5-10,21-22H,1-4H3/b19-13+,20-14+. The van der Waals surface area contributed by atoms with E-state index in [1.165, 1.54) is 0 Å². The maximum absolute atomic E-state index is 9.95. The molecule has 0 saturated heterocycles.